The number of hydrogen-bond donors (Lipinski definition) is 0. The number of alkyl halides is 3. The molecular formula is C14H20F3NO2. The molecule has 0 aliphatic heterocycles. The van der Waals surface area contributed by atoms with Gasteiger partial charge < -0.3 is 9.30 Å². The van der Waals surface area contributed by atoms with Crippen LogP contribution in [0.2, 0.25) is 0 Å². The molecule has 0 radical (unpaired) electrons. The van der Waals surface area contributed by atoms with Crippen molar-refractivity contribution in [2.45, 2.75) is 46.3 Å². The molecule has 0 saturated heterocycles. The molecule has 1 aromatic heterocycles. The summed E-state index contributed by atoms with van der Waals surface area (Å²) in [7, 11) is 0. The van der Waals surface area contributed by atoms with Gasteiger partial charge in [-0.15, -0.1) is 0 Å². The molecule has 6 heteroatoms. The molecule has 20 heavy (non-hydrogen) atoms. The first-order chi connectivity index (χ1) is 9.26. The van der Waals surface area contributed by atoms with E-state index in [1.165, 1.54) is 0 Å². The van der Waals surface area contributed by atoms with E-state index in [-0.39, 0.29) is 25.4 Å². The Hall–Kier alpha value is -1.30. The van der Waals surface area contributed by atoms with Crippen LogP contribution < -0.4 is 0 Å². The number of Topliss-reactive ketones (excluding diaryl/α,β-unsaturated/α-hetero) is 1. The van der Waals surface area contributed by atoms with Gasteiger partial charge in [0.05, 0.1) is 0 Å². The number of aromatic nitrogens is 1. The molecule has 0 aromatic carbocycles. The quantitative estimate of drug-likeness (QED) is 0.567. The van der Waals surface area contributed by atoms with Crippen molar-refractivity contribution in [2.24, 2.45) is 0 Å². The van der Waals surface area contributed by atoms with Gasteiger partial charge in [-0.05, 0) is 33.3 Å². The largest absolute Gasteiger partial charge is 0.389 e. The smallest absolute Gasteiger partial charge is 0.373 e. The van der Waals surface area contributed by atoms with E-state index in [1.807, 2.05) is 25.3 Å². The lowest BCUT2D eigenvalue weighted by molar-refractivity contribution is -0.137. The highest BCUT2D eigenvalue weighted by Gasteiger charge is 2.26. The Labute approximate surface area is 116 Å². The Balaban J connectivity index is 2.44. The maximum atomic E-state index is 11.9. The fraction of sp³-hybridized carbons (Fsp3) is 0.643. The molecule has 1 aromatic rings. The van der Waals surface area contributed by atoms with Crippen molar-refractivity contribution in [1.82, 2.24) is 4.57 Å². The van der Waals surface area contributed by atoms with Gasteiger partial charge in [0, 0.05) is 36.5 Å². The summed E-state index contributed by atoms with van der Waals surface area (Å²) in [5.41, 5.74) is 2.44. The summed E-state index contributed by atoms with van der Waals surface area (Å²) < 4.78 is 42.8. The summed E-state index contributed by atoms with van der Waals surface area (Å²) in [6.45, 7) is 6.30. The summed E-state index contributed by atoms with van der Waals surface area (Å²) >= 11 is 0. The minimum atomic E-state index is -4.17. The zero-order valence-electron chi connectivity index (χ0n) is 12.0. The number of rotatable bonds is 7. The van der Waals surface area contributed by atoms with Crippen LogP contribution in [-0.4, -0.2) is 29.7 Å². The Bertz CT molecular complexity index is 464. The summed E-state index contributed by atoms with van der Waals surface area (Å²) in [5.74, 6) is -0.190. The first-order valence-electron chi connectivity index (χ1n) is 6.60. The summed E-state index contributed by atoms with van der Waals surface area (Å²) in [4.78, 5) is 11.9. The molecule has 0 aliphatic carbocycles. The number of halogens is 3. The lowest BCUT2D eigenvalue weighted by atomic mass is 10.1. The number of ketones is 1. The second-order valence-electron chi connectivity index (χ2n) is 4.72. The lowest BCUT2D eigenvalue weighted by Gasteiger charge is -2.07. The molecule has 0 spiro atoms. The second kappa shape index (κ2) is 6.92. The standard InChI is InChI=1S/C14H20F3NO2/c1-4-18-10(2)8-12(11(18)3)13(19)9-20-7-5-6-14(15,16)17/h8H,4-7,9H2,1-3H3. The fourth-order valence-electron chi connectivity index (χ4n) is 2.19. The van der Waals surface area contributed by atoms with E-state index in [1.54, 1.807) is 6.07 Å². The number of aryl methyl sites for hydroxylation is 1. The Morgan fingerprint density at radius 1 is 1.35 bits per heavy atom. The third kappa shape index (κ3) is 4.67. The van der Waals surface area contributed by atoms with Gasteiger partial charge in [0.25, 0.3) is 0 Å². The lowest BCUT2D eigenvalue weighted by Crippen LogP contribution is -2.13. The number of hydrogen-bond acceptors (Lipinski definition) is 2. The minimum Gasteiger partial charge on any atom is -0.373 e. The number of ether oxygens (including phenoxy) is 1. The van der Waals surface area contributed by atoms with Crippen molar-refractivity contribution >= 4 is 5.78 Å². The highest BCUT2D eigenvalue weighted by atomic mass is 19.4. The van der Waals surface area contributed by atoms with Gasteiger partial charge in [-0.25, -0.2) is 0 Å². The van der Waals surface area contributed by atoms with E-state index in [0.29, 0.717) is 5.56 Å². The van der Waals surface area contributed by atoms with E-state index >= 15 is 0 Å². The second-order valence-corrected chi connectivity index (χ2v) is 4.72. The normalized spacial score (nSPS) is 11.9. The predicted octanol–water partition coefficient (Wildman–Crippen LogP) is 3.67. The molecule has 3 nitrogen and oxygen atoms in total. The summed E-state index contributed by atoms with van der Waals surface area (Å²) in [6, 6.07) is 1.79. The topological polar surface area (TPSA) is 31.2 Å². The summed E-state index contributed by atoms with van der Waals surface area (Å²) in [5, 5.41) is 0. The van der Waals surface area contributed by atoms with E-state index in [0.717, 1.165) is 17.9 Å². The van der Waals surface area contributed by atoms with Gasteiger partial charge in [-0.2, -0.15) is 13.2 Å². The first-order valence-corrected chi connectivity index (χ1v) is 6.60. The van der Waals surface area contributed by atoms with Crippen molar-refractivity contribution in [3.63, 3.8) is 0 Å². The zero-order chi connectivity index (χ0) is 15.3. The van der Waals surface area contributed by atoms with Gasteiger partial charge in [0.2, 0.25) is 0 Å². The van der Waals surface area contributed by atoms with E-state index in [4.69, 9.17) is 4.74 Å². The van der Waals surface area contributed by atoms with Crippen molar-refractivity contribution in [2.75, 3.05) is 13.2 Å². The Morgan fingerprint density at radius 2 is 2.00 bits per heavy atom. The number of nitrogens with zero attached hydrogens (tertiary/aromatic N) is 1. The van der Waals surface area contributed by atoms with Gasteiger partial charge in [0.1, 0.15) is 6.61 Å². The molecule has 0 unspecified atom stereocenters. The van der Waals surface area contributed by atoms with E-state index < -0.39 is 12.6 Å². The van der Waals surface area contributed by atoms with Crippen LogP contribution in [0.15, 0.2) is 6.07 Å². The first kappa shape index (κ1) is 16.8. The number of carbonyl (C=O) groups excluding carboxylic acids is 1. The molecule has 0 aliphatic rings. The molecule has 0 bridgehead atoms. The van der Waals surface area contributed by atoms with E-state index in [9.17, 15) is 18.0 Å². The van der Waals surface area contributed by atoms with Crippen LogP contribution in [0.25, 0.3) is 0 Å². The molecule has 0 saturated carbocycles. The van der Waals surface area contributed by atoms with Gasteiger partial charge in [0.15, 0.2) is 5.78 Å². The monoisotopic (exact) mass is 291 g/mol. The molecule has 114 valence electrons. The highest BCUT2D eigenvalue weighted by Crippen LogP contribution is 2.21. The Morgan fingerprint density at radius 3 is 2.50 bits per heavy atom. The SMILES string of the molecule is CCn1c(C)cc(C(=O)COCCCC(F)(F)F)c1C. The average molecular weight is 291 g/mol. The minimum absolute atomic E-state index is 0.0578. The van der Waals surface area contributed by atoms with Crippen molar-refractivity contribution in [3.8, 4) is 0 Å². The zero-order valence-corrected chi connectivity index (χ0v) is 12.0. The third-order valence-corrected chi connectivity index (χ3v) is 3.17. The van der Waals surface area contributed by atoms with Crippen LogP contribution in [0, 0.1) is 13.8 Å². The van der Waals surface area contributed by atoms with Crippen LogP contribution in [0.3, 0.4) is 0 Å². The van der Waals surface area contributed by atoms with Gasteiger partial charge in [-0.1, -0.05) is 0 Å². The number of carbonyl (C=O) groups is 1. The molecule has 0 N–H and O–H groups in total. The molecule has 0 amide bonds. The highest BCUT2D eigenvalue weighted by molar-refractivity contribution is 5.98. The van der Waals surface area contributed by atoms with Crippen molar-refractivity contribution in [1.29, 1.82) is 0 Å². The predicted molar refractivity (Wildman–Crippen MR) is 70.0 cm³/mol. The van der Waals surface area contributed by atoms with Crippen LogP contribution in [0.5, 0.6) is 0 Å². The van der Waals surface area contributed by atoms with Gasteiger partial charge in [-0.3, -0.25) is 4.79 Å². The summed E-state index contributed by atoms with van der Waals surface area (Å²) in [6.07, 6.45) is -5.17. The average Bonchev–Trinajstić information content (AvgIpc) is 2.62. The van der Waals surface area contributed by atoms with Crippen LogP contribution >= 0.6 is 0 Å². The van der Waals surface area contributed by atoms with Gasteiger partial charge >= 0.3 is 6.18 Å². The van der Waals surface area contributed by atoms with Crippen LogP contribution in [-0.2, 0) is 11.3 Å². The molecule has 0 atom stereocenters. The van der Waals surface area contributed by atoms with Crippen molar-refractivity contribution < 1.29 is 22.7 Å². The van der Waals surface area contributed by atoms with E-state index in [2.05, 4.69) is 0 Å². The van der Waals surface area contributed by atoms with Crippen molar-refractivity contribution in [3.05, 3.63) is 23.0 Å². The maximum absolute atomic E-state index is 11.9. The van der Waals surface area contributed by atoms with Crippen LogP contribution in [0.4, 0.5) is 13.2 Å². The molecule has 1 rings (SSSR count). The third-order valence-electron chi connectivity index (χ3n) is 3.17. The molecule has 1 heterocycles. The fourth-order valence-corrected chi connectivity index (χ4v) is 2.19. The molecular weight excluding hydrogens is 271 g/mol. The maximum Gasteiger partial charge on any atom is 0.389 e. The van der Waals surface area contributed by atoms with Crippen LogP contribution in [0.1, 0.15) is 41.5 Å². The molecule has 0 fully saturated rings. The Kier molecular flexibility index (Phi) is 5.80.